The Morgan fingerprint density at radius 3 is 2.44 bits per heavy atom. The zero-order valence-electron chi connectivity index (χ0n) is 12.7. The SMILES string of the molecule is O=C1S/C(=C/c2ccccc2F)C(=O)N1Cc1ccc([N+](=O)[O-])cc1. The van der Waals surface area contributed by atoms with Gasteiger partial charge in [0.1, 0.15) is 5.82 Å². The third-order valence-corrected chi connectivity index (χ3v) is 4.46. The largest absolute Gasteiger partial charge is 0.293 e. The summed E-state index contributed by atoms with van der Waals surface area (Å²) in [6.45, 7) is -0.00271. The smallest absolute Gasteiger partial charge is 0.268 e. The molecule has 3 rings (SSSR count). The lowest BCUT2D eigenvalue weighted by atomic mass is 10.2. The van der Waals surface area contributed by atoms with Crippen molar-refractivity contribution in [2.45, 2.75) is 6.54 Å². The van der Waals surface area contributed by atoms with Gasteiger partial charge in [0.05, 0.1) is 16.4 Å². The fourth-order valence-electron chi connectivity index (χ4n) is 2.28. The molecule has 0 unspecified atom stereocenters. The maximum Gasteiger partial charge on any atom is 0.293 e. The van der Waals surface area contributed by atoms with Crippen molar-refractivity contribution in [3.05, 3.63) is 80.5 Å². The van der Waals surface area contributed by atoms with Crippen molar-refractivity contribution in [2.24, 2.45) is 0 Å². The van der Waals surface area contributed by atoms with Crippen LogP contribution in [-0.4, -0.2) is 21.0 Å². The average Bonchev–Trinajstić information content (AvgIpc) is 2.85. The van der Waals surface area contributed by atoms with Gasteiger partial charge in [-0.1, -0.05) is 30.3 Å². The van der Waals surface area contributed by atoms with Crippen LogP contribution >= 0.6 is 11.8 Å². The zero-order chi connectivity index (χ0) is 18.0. The molecular weight excluding hydrogens is 347 g/mol. The van der Waals surface area contributed by atoms with E-state index in [1.807, 2.05) is 0 Å². The maximum absolute atomic E-state index is 13.7. The first-order valence-corrected chi connectivity index (χ1v) is 8.00. The van der Waals surface area contributed by atoms with E-state index in [0.717, 1.165) is 16.7 Å². The summed E-state index contributed by atoms with van der Waals surface area (Å²) < 4.78 is 13.7. The summed E-state index contributed by atoms with van der Waals surface area (Å²) in [6, 6.07) is 11.5. The van der Waals surface area contributed by atoms with Crippen molar-refractivity contribution in [1.29, 1.82) is 0 Å². The van der Waals surface area contributed by atoms with Crippen LogP contribution in [0.5, 0.6) is 0 Å². The van der Waals surface area contributed by atoms with Gasteiger partial charge in [0.2, 0.25) is 0 Å². The van der Waals surface area contributed by atoms with Crippen LogP contribution < -0.4 is 0 Å². The fourth-order valence-corrected chi connectivity index (χ4v) is 3.10. The number of imide groups is 1. The molecular formula is C17H11FN2O4S. The van der Waals surface area contributed by atoms with E-state index in [1.165, 1.54) is 48.5 Å². The van der Waals surface area contributed by atoms with Crippen molar-refractivity contribution in [1.82, 2.24) is 4.90 Å². The van der Waals surface area contributed by atoms with E-state index in [-0.39, 0.29) is 22.7 Å². The quantitative estimate of drug-likeness (QED) is 0.469. The predicted molar refractivity (Wildman–Crippen MR) is 91.0 cm³/mol. The van der Waals surface area contributed by atoms with Crippen LogP contribution in [-0.2, 0) is 11.3 Å². The number of nitrogens with zero attached hydrogens (tertiary/aromatic N) is 2. The molecule has 0 spiro atoms. The molecule has 1 fully saturated rings. The van der Waals surface area contributed by atoms with Gasteiger partial charge < -0.3 is 0 Å². The molecule has 25 heavy (non-hydrogen) atoms. The van der Waals surface area contributed by atoms with Gasteiger partial charge >= 0.3 is 0 Å². The number of non-ortho nitro benzene ring substituents is 1. The fraction of sp³-hybridized carbons (Fsp3) is 0.0588. The number of rotatable bonds is 4. The molecule has 2 aromatic rings. The summed E-state index contributed by atoms with van der Waals surface area (Å²) in [4.78, 5) is 35.8. The standard InChI is InChI=1S/C17H11FN2O4S/c18-14-4-2-1-3-12(14)9-15-16(21)19(17(22)25-15)10-11-5-7-13(8-6-11)20(23)24/h1-9H,10H2/b15-9+. The lowest BCUT2D eigenvalue weighted by molar-refractivity contribution is -0.384. The monoisotopic (exact) mass is 358 g/mol. The lowest BCUT2D eigenvalue weighted by Gasteiger charge is -2.12. The van der Waals surface area contributed by atoms with Crippen LogP contribution in [0.4, 0.5) is 14.9 Å². The molecule has 2 amide bonds. The molecule has 126 valence electrons. The predicted octanol–water partition coefficient (Wildman–Crippen LogP) is 3.97. The summed E-state index contributed by atoms with van der Waals surface area (Å²) in [6.07, 6.45) is 1.34. The van der Waals surface area contributed by atoms with Crippen LogP contribution in [0.15, 0.2) is 53.4 Å². The molecule has 0 aliphatic carbocycles. The average molecular weight is 358 g/mol. The molecule has 0 aromatic heterocycles. The van der Waals surface area contributed by atoms with Crippen molar-refractivity contribution in [3.63, 3.8) is 0 Å². The first kappa shape index (κ1) is 16.8. The van der Waals surface area contributed by atoms with Gasteiger partial charge in [-0.05, 0) is 29.5 Å². The highest BCUT2D eigenvalue weighted by Crippen LogP contribution is 2.33. The number of halogens is 1. The molecule has 0 saturated carbocycles. The minimum Gasteiger partial charge on any atom is -0.268 e. The first-order valence-electron chi connectivity index (χ1n) is 7.19. The first-order chi connectivity index (χ1) is 12.0. The van der Waals surface area contributed by atoms with Crippen molar-refractivity contribution >= 4 is 34.7 Å². The number of thioether (sulfide) groups is 1. The van der Waals surface area contributed by atoms with Crippen LogP contribution in [0.3, 0.4) is 0 Å². The normalized spacial score (nSPS) is 15.9. The number of hydrogen-bond acceptors (Lipinski definition) is 5. The number of carbonyl (C=O) groups excluding carboxylic acids is 2. The molecule has 8 heteroatoms. The summed E-state index contributed by atoms with van der Waals surface area (Å²) >= 11 is 0.736. The number of amides is 2. The van der Waals surface area contributed by atoms with Crippen molar-refractivity contribution < 1.29 is 18.9 Å². The third-order valence-electron chi connectivity index (χ3n) is 3.55. The maximum atomic E-state index is 13.7. The van der Waals surface area contributed by atoms with Crippen molar-refractivity contribution in [2.75, 3.05) is 0 Å². The second-order valence-corrected chi connectivity index (χ2v) is 6.21. The Hall–Kier alpha value is -3.00. The summed E-state index contributed by atoms with van der Waals surface area (Å²) in [5.41, 5.74) is 0.737. The van der Waals surface area contributed by atoms with Crippen molar-refractivity contribution in [3.8, 4) is 0 Å². The van der Waals surface area contributed by atoms with Crippen LogP contribution in [0, 0.1) is 15.9 Å². The highest BCUT2D eigenvalue weighted by atomic mass is 32.2. The van der Waals surface area contributed by atoms with E-state index >= 15 is 0 Å². The van der Waals surface area contributed by atoms with E-state index < -0.39 is 21.9 Å². The van der Waals surface area contributed by atoms with E-state index in [9.17, 15) is 24.1 Å². The Morgan fingerprint density at radius 1 is 1.12 bits per heavy atom. The van der Waals surface area contributed by atoms with Gasteiger partial charge in [0, 0.05) is 17.7 Å². The summed E-state index contributed by atoms with van der Waals surface area (Å²) in [5.74, 6) is -0.999. The molecule has 0 bridgehead atoms. The van der Waals surface area contributed by atoms with Gasteiger partial charge in [-0.25, -0.2) is 4.39 Å². The second-order valence-electron chi connectivity index (χ2n) is 5.21. The van der Waals surface area contributed by atoms with E-state index in [1.54, 1.807) is 6.07 Å². The number of benzene rings is 2. The van der Waals surface area contributed by atoms with Crippen LogP contribution in [0.1, 0.15) is 11.1 Å². The van der Waals surface area contributed by atoms with Crippen LogP contribution in [0.2, 0.25) is 0 Å². The molecule has 0 N–H and O–H groups in total. The summed E-state index contributed by atoms with van der Waals surface area (Å²) in [5, 5.41) is 10.2. The molecule has 0 radical (unpaired) electrons. The second kappa shape index (κ2) is 6.86. The minimum absolute atomic E-state index is 0.00271. The van der Waals surface area contributed by atoms with Gasteiger partial charge in [-0.3, -0.25) is 24.6 Å². The van der Waals surface area contributed by atoms with Gasteiger partial charge in [-0.2, -0.15) is 0 Å². The van der Waals surface area contributed by atoms with Crippen LogP contribution in [0.25, 0.3) is 6.08 Å². The Kier molecular flexibility index (Phi) is 4.62. The molecule has 1 aliphatic heterocycles. The molecule has 2 aromatic carbocycles. The van der Waals surface area contributed by atoms with E-state index in [4.69, 9.17) is 0 Å². The molecule has 1 aliphatic rings. The highest BCUT2D eigenvalue weighted by molar-refractivity contribution is 8.18. The Balaban J connectivity index is 1.80. The van der Waals surface area contributed by atoms with Gasteiger partial charge in [0.25, 0.3) is 16.8 Å². The number of carbonyl (C=O) groups is 2. The number of hydrogen-bond donors (Lipinski definition) is 0. The summed E-state index contributed by atoms with van der Waals surface area (Å²) in [7, 11) is 0. The Bertz CT molecular complexity index is 896. The third kappa shape index (κ3) is 3.58. The van der Waals surface area contributed by atoms with E-state index in [0.29, 0.717) is 5.56 Å². The number of nitro groups is 1. The molecule has 1 heterocycles. The highest BCUT2D eigenvalue weighted by Gasteiger charge is 2.35. The minimum atomic E-state index is -0.527. The Labute approximate surface area is 146 Å². The van der Waals surface area contributed by atoms with Gasteiger partial charge in [0.15, 0.2) is 0 Å². The van der Waals surface area contributed by atoms with Gasteiger partial charge in [-0.15, -0.1) is 0 Å². The topological polar surface area (TPSA) is 80.5 Å². The molecule has 0 atom stereocenters. The number of nitro benzene ring substituents is 1. The lowest BCUT2D eigenvalue weighted by Crippen LogP contribution is -2.27. The van der Waals surface area contributed by atoms with E-state index in [2.05, 4.69) is 0 Å². The molecule has 1 saturated heterocycles. The molecule has 6 nitrogen and oxygen atoms in total. The Morgan fingerprint density at radius 2 is 1.80 bits per heavy atom. The zero-order valence-corrected chi connectivity index (χ0v) is 13.5.